The van der Waals surface area contributed by atoms with Crippen LogP contribution in [-0.2, 0) is 10.0 Å². The zero-order chi connectivity index (χ0) is 15.3. The zero-order valence-electron chi connectivity index (χ0n) is 11.6. The lowest BCUT2D eigenvalue weighted by molar-refractivity contribution is 0.188. The van der Waals surface area contributed by atoms with Crippen LogP contribution in [0.4, 0.5) is 5.69 Å². The summed E-state index contributed by atoms with van der Waals surface area (Å²) in [6.07, 6.45) is 2.20. The lowest BCUT2D eigenvalue weighted by atomic mass is 10.0. The van der Waals surface area contributed by atoms with Crippen molar-refractivity contribution in [1.82, 2.24) is 5.01 Å². The van der Waals surface area contributed by atoms with E-state index in [1.165, 1.54) is 24.3 Å². The van der Waals surface area contributed by atoms with Gasteiger partial charge in [-0.15, -0.1) is 5.11 Å². The van der Waals surface area contributed by atoms with Crippen molar-refractivity contribution in [3.8, 4) is 0 Å². The molecule has 1 heterocycles. The summed E-state index contributed by atoms with van der Waals surface area (Å²) in [5.41, 5.74) is 8.75. The summed E-state index contributed by atoms with van der Waals surface area (Å²) in [5.74, 6) is 0.724. The molecule has 1 aliphatic heterocycles. The summed E-state index contributed by atoms with van der Waals surface area (Å²) >= 11 is 0. The van der Waals surface area contributed by atoms with Crippen LogP contribution < -0.4 is 0 Å². The molecule has 2 rings (SSSR count). The highest BCUT2D eigenvalue weighted by atomic mass is 32.2. The van der Waals surface area contributed by atoms with E-state index in [1.807, 2.05) is 5.01 Å². The summed E-state index contributed by atoms with van der Waals surface area (Å²) < 4.78 is 25.8. The fourth-order valence-electron chi connectivity index (χ4n) is 1.98. The molecule has 0 spiro atoms. The van der Waals surface area contributed by atoms with Crippen molar-refractivity contribution in [2.45, 2.75) is 24.7 Å². The molecule has 0 saturated carbocycles. The van der Waals surface area contributed by atoms with Gasteiger partial charge in [0.1, 0.15) is 0 Å². The van der Waals surface area contributed by atoms with Crippen molar-refractivity contribution in [1.29, 1.82) is 0 Å². The van der Waals surface area contributed by atoms with Crippen LogP contribution in [0.5, 0.6) is 0 Å². The van der Waals surface area contributed by atoms with Crippen LogP contribution in [-0.4, -0.2) is 26.5 Å². The first kappa shape index (κ1) is 15.3. The molecule has 0 bridgehead atoms. The summed E-state index contributed by atoms with van der Waals surface area (Å²) in [5, 5.41) is 10.1. The van der Waals surface area contributed by atoms with E-state index in [1.54, 1.807) is 0 Å². The Morgan fingerprint density at radius 2 is 1.86 bits per heavy atom. The smallest absolute Gasteiger partial charge is 0.264 e. The minimum atomic E-state index is -3.94. The van der Waals surface area contributed by atoms with Gasteiger partial charge in [0.2, 0.25) is 0 Å². The van der Waals surface area contributed by atoms with Crippen LogP contribution in [0.2, 0.25) is 0 Å². The van der Waals surface area contributed by atoms with Gasteiger partial charge in [0.05, 0.1) is 10.6 Å². The SMILES string of the molecule is CC1CCN(N=Nc2ccc(S(=O)(=O)N=[N+]=[N-])cc2)CC1. The molecule has 0 amide bonds. The molecule has 0 atom stereocenters. The highest BCUT2D eigenvalue weighted by Crippen LogP contribution is 2.20. The van der Waals surface area contributed by atoms with E-state index < -0.39 is 10.0 Å². The molecule has 8 nitrogen and oxygen atoms in total. The fraction of sp³-hybridized carbons (Fsp3) is 0.500. The number of piperidine rings is 1. The van der Waals surface area contributed by atoms with Gasteiger partial charge >= 0.3 is 0 Å². The number of sulfonamides is 1. The van der Waals surface area contributed by atoms with Crippen molar-refractivity contribution in [3.63, 3.8) is 0 Å². The summed E-state index contributed by atoms with van der Waals surface area (Å²) in [7, 11) is -3.94. The molecule has 0 aliphatic carbocycles. The van der Waals surface area contributed by atoms with E-state index >= 15 is 0 Å². The maximum atomic E-state index is 11.5. The van der Waals surface area contributed by atoms with Gasteiger partial charge in [-0.05, 0) is 48.6 Å². The number of nitrogens with zero attached hydrogens (tertiary/aromatic N) is 6. The van der Waals surface area contributed by atoms with Gasteiger partial charge in [-0.2, -0.15) is 0 Å². The van der Waals surface area contributed by atoms with E-state index in [0.717, 1.165) is 31.8 Å². The molecule has 0 radical (unpaired) electrons. The van der Waals surface area contributed by atoms with Crippen molar-refractivity contribution >= 4 is 15.7 Å². The fourth-order valence-corrected chi connectivity index (χ4v) is 2.65. The van der Waals surface area contributed by atoms with Crippen molar-refractivity contribution in [3.05, 3.63) is 34.7 Å². The Morgan fingerprint density at radius 3 is 2.43 bits per heavy atom. The summed E-state index contributed by atoms with van der Waals surface area (Å²) in [4.78, 5) is 2.23. The average Bonchev–Trinajstić information content (AvgIpc) is 2.47. The van der Waals surface area contributed by atoms with Crippen LogP contribution >= 0.6 is 0 Å². The molecular formula is C12H16N6O2S. The van der Waals surface area contributed by atoms with Gasteiger partial charge < -0.3 is 0 Å². The maximum absolute atomic E-state index is 11.5. The normalized spacial score (nSPS) is 16.9. The Balaban J connectivity index is 2.04. The van der Waals surface area contributed by atoms with Gasteiger partial charge in [-0.1, -0.05) is 12.1 Å². The van der Waals surface area contributed by atoms with Gasteiger partial charge in [0, 0.05) is 22.5 Å². The monoisotopic (exact) mass is 308 g/mol. The molecule has 1 aromatic carbocycles. The van der Waals surface area contributed by atoms with E-state index in [2.05, 4.69) is 26.7 Å². The molecule has 1 fully saturated rings. The summed E-state index contributed by atoms with van der Waals surface area (Å²) in [6.45, 7) is 3.99. The molecule has 0 unspecified atom stereocenters. The third-order valence-corrected chi connectivity index (χ3v) is 4.48. The number of hydrogen-bond acceptors (Lipinski definition) is 4. The second-order valence-corrected chi connectivity index (χ2v) is 6.55. The highest BCUT2D eigenvalue weighted by molar-refractivity contribution is 7.90. The van der Waals surface area contributed by atoms with Gasteiger partial charge in [0.25, 0.3) is 10.0 Å². The van der Waals surface area contributed by atoms with Gasteiger partial charge in [-0.25, -0.2) is 8.42 Å². The Morgan fingerprint density at radius 1 is 1.24 bits per heavy atom. The van der Waals surface area contributed by atoms with Crippen LogP contribution in [0.15, 0.2) is 44.0 Å². The first-order valence-electron chi connectivity index (χ1n) is 6.59. The lowest BCUT2D eigenvalue weighted by Crippen LogP contribution is -2.27. The lowest BCUT2D eigenvalue weighted by Gasteiger charge is -2.26. The zero-order valence-corrected chi connectivity index (χ0v) is 12.4. The van der Waals surface area contributed by atoms with Crippen LogP contribution in [0.1, 0.15) is 19.8 Å². The minimum absolute atomic E-state index is 0.0638. The Bertz CT molecular complexity index is 655. The first-order valence-corrected chi connectivity index (χ1v) is 8.03. The minimum Gasteiger partial charge on any atom is -0.278 e. The summed E-state index contributed by atoms with van der Waals surface area (Å²) in [6, 6.07) is 5.74. The molecule has 1 aliphatic rings. The molecule has 112 valence electrons. The third kappa shape index (κ3) is 4.17. The van der Waals surface area contributed by atoms with Crippen LogP contribution in [0, 0.1) is 5.92 Å². The second kappa shape index (κ2) is 6.55. The Hall–Kier alpha value is -2.12. The predicted octanol–water partition coefficient (Wildman–Crippen LogP) is 3.42. The second-order valence-electron chi connectivity index (χ2n) is 4.97. The molecule has 9 heteroatoms. The van der Waals surface area contributed by atoms with E-state index in [-0.39, 0.29) is 4.90 Å². The standard InChI is InChI=1S/C12H16N6O2S/c1-10-6-8-18(9-7-10)16-14-11-2-4-12(5-3-11)21(19,20)17-15-13/h2-5,10H,6-9H2,1H3. The number of rotatable bonds is 4. The molecule has 1 aromatic rings. The predicted molar refractivity (Wildman–Crippen MR) is 77.3 cm³/mol. The quantitative estimate of drug-likeness (QED) is 0.482. The van der Waals surface area contributed by atoms with Crippen LogP contribution in [0.3, 0.4) is 0 Å². The largest absolute Gasteiger partial charge is 0.278 e. The van der Waals surface area contributed by atoms with E-state index in [0.29, 0.717) is 5.69 Å². The highest BCUT2D eigenvalue weighted by Gasteiger charge is 2.14. The number of benzene rings is 1. The molecule has 1 saturated heterocycles. The van der Waals surface area contributed by atoms with Gasteiger partial charge in [-0.3, -0.25) is 5.01 Å². The topological polar surface area (TPSA) is 111 Å². The molecule has 0 aromatic heterocycles. The van der Waals surface area contributed by atoms with Crippen molar-refractivity contribution < 1.29 is 8.42 Å². The Labute approximate surface area is 123 Å². The maximum Gasteiger partial charge on any atom is 0.264 e. The number of azide groups is 1. The number of hydrogen-bond donors (Lipinski definition) is 0. The Kier molecular flexibility index (Phi) is 4.77. The van der Waals surface area contributed by atoms with E-state index in [9.17, 15) is 8.42 Å². The molecule has 21 heavy (non-hydrogen) atoms. The van der Waals surface area contributed by atoms with Crippen molar-refractivity contribution in [2.75, 3.05) is 13.1 Å². The van der Waals surface area contributed by atoms with Gasteiger partial charge in [0.15, 0.2) is 0 Å². The average molecular weight is 308 g/mol. The van der Waals surface area contributed by atoms with Crippen molar-refractivity contribution in [2.24, 2.45) is 20.8 Å². The van der Waals surface area contributed by atoms with Crippen LogP contribution in [0.25, 0.3) is 10.4 Å². The molecule has 0 N–H and O–H groups in total. The molecular weight excluding hydrogens is 292 g/mol. The third-order valence-electron chi connectivity index (χ3n) is 3.33. The first-order chi connectivity index (χ1) is 10.0. The van der Waals surface area contributed by atoms with E-state index in [4.69, 9.17) is 5.53 Å².